The highest BCUT2D eigenvalue weighted by Gasteiger charge is 2.13. The molecule has 0 aliphatic heterocycles. The summed E-state index contributed by atoms with van der Waals surface area (Å²) >= 11 is 5.93. The second-order valence-corrected chi connectivity index (χ2v) is 4.85. The van der Waals surface area contributed by atoms with E-state index in [0.29, 0.717) is 24.0 Å². The molecular weight excluding hydrogens is 278 g/mol. The molecular formula is C14H18ClN3O2. The Balaban J connectivity index is 2.20. The first-order chi connectivity index (χ1) is 9.67. The Kier molecular flexibility index (Phi) is 4.84. The van der Waals surface area contributed by atoms with Crippen LogP contribution in [0.2, 0.25) is 0 Å². The molecule has 2 rings (SSSR count). The van der Waals surface area contributed by atoms with Gasteiger partial charge in [0, 0.05) is 11.6 Å². The van der Waals surface area contributed by atoms with Gasteiger partial charge in [-0.15, -0.1) is 11.6 Å². The van der Waals surface area contributed by atoms with E-state index in [1.807, 2.05) is 36.7 Å². The minimum absolute atomic E-state index is 0.237. The van der Waals surface area contributed by atoms with E-state index < -0.39 is 0 Å². The minimum Gasteiger partial charge on any atom is -0.493 e. The quantitative estimate of drug-likeness (QED) is 0.768. The minimum atomic E-state index is 0.237. The predicted octanol–water partition coefficient (Wildman–Crippen LogP) is 3.19. The maximum atomic E-state index is 5.93. The number of alkyl halides is 1. The van der Waals surface area contributed by atoms with E-state index in [9.17, 15) is 0 Å². The highest BCUT2D eigenvalue weighted by Crippen LogP contribution is 2.32. The second-order valence-electron chi connectivity index (χ2n) is 4.59. The first-order valence-corrected chi connectivity index (χ1v) is 6.93. The Morgan fingerprint density at radius 3 is 2.80 bits per heavy atom. The van der Waals surface area contributed by atoms with Crippen molar-refractivity contribution >= 4 is 11.6 Å². The van der Waals surface area contributed by atoms with Crippen LogP contribution in [0.1, 0.15) is 31.3 Å². The maximum absolute atomic E-state index is 5.93. The van der Waals surface area contributed by atoms with Gasteiger partial charge >= 0.3 is 0 Å². The molecule has 0 saturated heterocycles. The van der Waals surface area contributed by atoms with Gasteiger partial charge in [-0.1, -0.05) is 12.1 Å². The van der Waals surface area contributed by atoms with Gasteiger partial charge in [0.05, 0.1) is 13.0 Å². The molecule has 0 aliphatic rings. The van der Waals surface area contributed by atoms with Crippen molar-refractivity contribution in [1.29, 1.82) is 0 Å². The molecule has 0 radical (unpaired) electrons. The van der Waals surface area contributed by atoms with Gasteiger partial charge in [0.25, 0.3) is 0 Å². The lowest BCUT2D eigenvalue weighted by atomic mass is 10.2. The van der Waals surface area contributed by atoms with E-state index in [1.54, 1.807) is 7.11 Å². The van der Waals surface area contributed by atoms with Gasteiger partial charge in [0.1, 0.15) is 12.9 Å². The number of hydrogen-bond donors (Lipinski definition) is 0. The van der Waals surface area contributed by atoms with Crippen molar-refractivity contribution in [2.24, 2.45) is 0 Å². The van der Waals surface area contributed by atoms with Crippen molar-refractivity contribution < 1.29 is 9.47 Å². The lowest BCUT2D eigenvalue weighted by Gasteiger charge is -2.14. The van der Waals surface area contributed by atoms with Gasteiger partial charge in [-0.25, -0.2) is 9.67 Å². The number of methoxy groups -OCH3 is 1. The van der Waals surface area contributed by atoms with Gasteiger partial charge < -0.3 is 9.47 Å². The Morgan fingerprint density at radius 2 is 2.15 bits per heavy atom. The standard InChI is InChI=1S/C14H18ClN3O2/c1-10(2)18-13(16-9-17-18)8-20-14-11(7-15)5-4-6-12(14)19-3/h4-6,9-10H,7-8H2,1-3H3. The summed E-state index contributed by atoms with van der Waals surface area (Å²) < 4.78 is 13.0. The summed E-state index contributed by atoms with van der Waals surface area (Å²) in [7, 11) is 1.61. The van der Waals surface area contributed by atoms with Crippen LogP contribution in [-0.2, 0) is 12.5 Å². The summed E-state index contributed by atoms with van der Waals surface area (Å²) in [5, 5.41) is 4.18. The average molecular weight is 296 g/mol. The first-order valence-electron chi connectivity index (χ1n) is 6.40. The fraction of sp³-hybridized carbons (Fsp3) is 0.429. The zero-order valence-electron chi connectivity index (χ0n) is 11.8. The van der Waals surface area contributed by atoms with Gasteiger partial charge in [-0.3, -0.25) is 0 Å². The molecule has 1 aromatic carbocycles. The van der Waals surface area contributed by atoms with E-state index in [0.717, 1.165) is 11.4 Å². The van der Waals surface area contributed by atoms with E-state index >= 15 is 0 Å². The van der Waals surface area contributed by atoms with E-state index in [1.165, 1.54) is 6.33 Å². The highest BCUT2D eigenvalue weighted by atomic mass is 35.5. The molecule has 108 valence electrons. The zero-order valence-corrected chi connectivity index (χ0v) is 12.6. The van der Waals surface area contributed by atoms with E-state index in [2.05, 4.69) is 10.1 Å². The van der Waals surface area contributed by atoms with Crippen LogP contribution in [0, 0.1) is 0 Å². The number of hydrogen-bond acceptors (Lipinski definition) is 4. The van der Waals surface area contributed by atoms with Crippen molar-refractivity contribution in [2.75, 3.05) is 7.11 Å². The summed E-state index contributed by atoms with van der Waals surface area (Å²) in [4.78, 5) is 4.22. The van der Waals surface area contributed by atoms with Crippen molar-refractivity contribution in [3.63, 3.8) is 0 Å². The maximum Gasteiger partial charge on any atom is 0.166 e. The molecule has 0 atom stereocenters. The van der Waals surface area contributed by atoms with Crippen LogP contribution in [0.5, 0.6) is 11.5 Å². The largest absolute Gasteiger partial charge is 0.493 e. The molecule has 6 heteroatoms. The van der Waals surface area contributed by atoms with Crippen LogP contribution >= 0.6 is 11.6 Å². The molecule has 0 unspecified atom stereocenters. The molecule has 0 spiro atoms. The molecule has 20 heavy (non-hydrogen) atoms. The fourth-order valence-electron chi connectivity index (χ4n) is 1.94. The van der Waals surface area contributed by atoms with Crippen LogP contribution in [0.3, 0.4) is 0 Å². The van der Waals surface area contributed by atoms with Gasteiger partial charge in [-0.05, 0) is 19.9 Å². The third-order valence-electron chi connectivity index (χ3n) is 2.91. The average Bonchev–Trinajstić information content (AvgIpc) is 2.93. The summed E-state index contributed by atoms with van der Waals surface area (Å²) in [5.74, 6) is 2.46. The molecule has 2 aromatic rings. The van der Waals surface area contributed by atoms with E-state index in [-0.39, 0.29) is 6.04 Å². The summed E-state index contributed by atoms with van der Waals surface area (Å²) in [6.45, 7) is 4.42. The first kappa shape index (κ1) is 14.7. The Morgan fingerprint density at radius 1 is 1.35 bits per heavy atom. The predicted molar refractivity (Wildman–Crippen MR) is 77.3 cm³/mol. The smallest absolute Gasteiger partial charge is 0.166 e. The Labute approximate surface area is 123 Å². The van der Waals surface area contributed by atoms with Crippen LogP contribution < -0.4 is 9.47 Å². The number of nitrogens with zero attached hydrogens (tertiary/aromatic N) is 3. The molecule has 0 amide bonds. The molecule has 0 fully saturated rings. The summed E-state index contributed by atoms with van der Waals surface area (Å²) in [6, 6.07) is 5.89. The Hall–Kier alpha value is -1.75. The van der Waals surface area contributed by atoms with Crippen LogP contribution in [0.15, 0.2) is 24.5 Å². The number of benzene rings is 1. The van der Waals surface area contributed by atoms with Gasteiger partial charge in [0.2, 0.25) is 0 Å². The van der Waals surface area contributed by atoms with Crippen molar-refractivity contribution in [2.45, 2.75) is 32.4 Å². The lowest BCUT2D eigenvalue weighted by molar-refractivity contribution is 0.264. The number of rotatable bonds is 6. The topological polar surface area (TPSA) is 49.2 Å². The van der Waals surface area contributed by atoms with Crippen molar-refractivity contribution in [1.82, 2.24) is 14.8 Å². The van der Waals surface area contributed by atoms with Crippen LogP contribution in [0.25, 0.3) is 0 Å². The number of halogens is 1. The monoisotopic (exact) mass is 295 g/mol. The molecule has 0 saturated carbocycles. The van der Waals surface area contributed by atoms with Crippen molar-refractivity contribution in [3.8, 4) is 11.5 Å². The SMILES string of the molecule is COc1cccc(CCl)c1OCc1ncnn1C(C)C. The molecule has 1 aromatic heterocycles. The van der Waals surface area contributed by atoms with Crippen molar-refractivity contribution in [3.05, 3.63) is 35.9 Å². The number of ether oxygens (including phenoxy) is 2. The third-order valence-corrected chi connectivity index (χ3v) is 3.19. The fourth-order valence-corrected chi connectivity index (χ4v) is 2.15. The van der Waals surface area contributed by atoms with Crippen LogP contribution in [-0.4, -0.2) is 21.9 Å². The molecule has 0 N–H and O–H groups in total. The lowest BCUT2D eigenvalue weighted by Crippen LogP contribution is -2.11. The second kappa shape index (κ2) is 6.61. The summed E-state index contributed by atoms with van der Waals surface area (Å²) in [6.07, 6.45) is 1.53. The zero-order chi connectivity index (χ0) is 14.5. The number of aromatic nitrogens is 3. The third kappa shape index (κ3) is 3.04. The van der Waals surface area contributed by atoms with Crippen LogP contribution in [0.4, 0.5) is 0 Å². The van der Waals surface area contributed by atoms with E-state index in [4.69, 9.17) is 21.1 Å². The van der Waals surface area contributed by atoms with Gasteiger partial charge in [0.15, 0.2) is 17.3 Å². The molecule has 1 heterocycles. The normalized spacial score (nSPS) is 10.8. The summed E-state index contributed by atoms with van der Waals surface area (Å²) in [5.41, 5.74) is 0.890. The Bertz CT molecular complexity index is 547. The molecule has 0 aliphatic carbocycles. The molecule has 5 nitrogen and oxygen atoms in total. The number of para-hydroxylation sites is 1. The van der Waals surface area contributed by atoms with Gasteiger partial charge in [-0.2, -0.15) is 5.10 Å². The molecule has 0 bridgehead atoms. The highest BCUT2D eigenvalue weighted by molar-refractivity contribution is 6.17.